The monoisotopic (exact) mass is 342 g/mol. The minimum Gasteiger partial charge on any atom is -0.454 e. The van der Waals surface area contributed by atoms with Crippen LogP contribution in [0.4, 0.5) is 4.39 Å². The zero-order chi connectivity index (χ0) is 14.8. The predicted octanol–water partition coefficient (Wildman–Crippen LogP) is 4.80. The molecule has 0 spiro atoms. The number of benzene rings is 2. The molecule has 0 saturated heterocycles. The van der Waals surface area contributed by atoms with Gasteiger partial charge in [-0.2, -0.15) is 5.26 Å². The van der Waals surface area contributed by atoms with Gasteiger partial charge < -0.3 is 4.74 Å². The quantitative estimate of drug-likeness (QED) is 0.671. The van der Waals surface area contributed by atoms with Crippen LogP contribution in [0.15, 0.2) is 53.1 Å². The topological polar surface area (TPSA) is 45.9 Å². The third-order valence-corrected chi connectivity index (χ3v) is 3.77. The van der Waals surface area contributed by atoms with Gasteiger partial charge in [0.25, 0.3) is 0 Å². The fourth-order valence-electron chi connectivity index (χ4n) is 1.98. The van der Waals surface area contributed by atoms with Crippen LogP contribution in [0.1, 0.15) is 5.56 Å². The van der Waals surface area contributed by atoms with Gasteiger partial charge in [-0.05, 0) is 52.3 Å². The Morgan fingerprint density at radius 2 is 1.95 bits per heavy atom. The molecule has 3 rings (SSSR count). The standard InChI is InChI=1S/C16H8BrFN2O/c17-15-10(9-19)6-7-14(16(15)18)21-13-5-1-4-12-11(13)3-2-8-20-12/h1-8H. The number of halogens is 2. The molecule has 0 amide bonds. The Hall–Kier alpha value is -2.45. The van der Waals surface area contributed by atoms with Crippen molar-refractivity contribution in [2.24, 2.45) is 0 Å². The number of fused-ring (bicyclic) bond motifs is 1. The number of rotatable bonds is 2. The molecule has 0 fully saturated rings. The van der Waals surface area contributed by atoms with E-state index in [0.717, 1.165) is 10.9 Å². The summed E-state index contributed by atoms with van der Waals surface area (Å²) in [5.74, 6) is -0.0386. The van der Waals surface area contributed by atoms with E-state index in [1.165, 1.54) is 12.1 Å². The van der Waals surface area contributed by atoms with Crippen molar-refractivity contribution in [3.8, 4) is 17.6 Å². The molecular weight excluding hydrogens is 335 g/mol. The summed E-state index contributed by atoms with van der Waals surface area (Å²) in [6, 6.07) is 13.9. The van der Waals surface area contributed by atoms with Crippen molar-refractivity contribution in [3.63, 3.8) is 0 Å². The predicted molar refractivity (Wildman–Crippen MR) is 80.6 cm³/mol. The second-order valence-corrected chi connectivity index (χ2v) is 5.07. The van der Waals surface area contributed by atoms with Crippen molar-refractivity contribution in [2.45, 2.75) is 0 Å². The minimum atomic E-state index is -0.602. The average molecular weight is 343 g/mol. The zero-order valence-electron chi connectivity index (χ0n) is 10.7. The van der Waals surface area contributed by atoms with Crippen LogP contribution >= 0.6 is 15.9 Å². The first kappa shape index (κ1) is 13.5. The van der Waals surface area contributed by atoms with E-state index in [1.54, 1.807) is 24.4 Å². The van der Waals surface area contributed by atoms with E-state index in [0.29, 0.717) is 5.75 Å². The highest BCUT2D eigenvalue weighted by Crippen LogP contribution is 2.34. The molecule has 0 aliphatic rings. The van der Waals surface area contributed by atoms with E-state index < -0.39 is 5.82 Å². The number of nitrogens with zero attached hydrogens (tertiary/aromatic N) is 2. The van der Waals surface area contributed by atoms with Crippen molar-refractivity contribution in [2.75, 3.05) is 0 Å². The summed E-state index contributed by atoms with van der Waals surface area (Å²) in [6.45, 7) is 0. The first-order chi connectivity index (χ1) is 10.2. The molecular formula is C16H8BrFN2O. The normalized spacial score (nSPS) is 10.3. The van der Waals surface area contributed by atoms with Crippen molar-refractivity contribution in [1.82, 2.24) is 4.98 Å². The highest BCUT2D eigenvalue weighted by molar-refractivity contribution is 9.10. The third-order valence-electron chi connectivity index (χ3n) is 2.99. The molecule has 0 bridgehead atoms. The summed E-state index contributed by atoms with van der Waals surface area (Å²) in [7, 11) is 0. The lowest BCUT2D eigenvalue weighted by Crippen LogP contribution is -1.93. The lowest BCUT2D eigenvalue weighted by molar-refractivity contribution is 0.444. The van der Waals surface area contributed by atoms with Crippen LogP contribution in [0.5, 0.6) is 11.5 Å². The maximum absolute atomic E-state index is 14.2. The van der Waals surface area contributed by atoms with Gasteiger partial charge in [-0.15, -0.1) is 0 Å². The van der Waals surface area contributed by atoms with E-state index in [-0.39, 0.29) is 15.8 Å². The summed E-state index contributed by atoms with van der Waals surface area (Å²) in [5, 5.41) is 9.66. The summed E-state index contributed by atoms with van der Waals surface area (Å²) in [4.78, 5) is 4.22. The van der Waals surface area contributed by atoms with Crippen LogP contribution < -0.4 is 4.74 Å². The van der Waals surface area contributed by atoms with Crippen LogP contribution in [0, 0.1) is 17.1 Å². The van der Waals surface area contributed by atoms with Crippen LogP contribution in [0.25, 0.3) is 10.9 Å². The Balaban J connectivity index is 2.08. The molecule has 102 valence electrons. The van der Waals surface area contributed by atoms with E-state index in [2.05, 4.69) is 20.9 Å². The molecule has 0 saturated carbocycles. The van der Waals surface area contributed by atoms with E-state index in [9.17, 15) is 4.39 Å². The van der Waals surface area contributed by atoms with E-state index in [1.807, 2.05) is 18.2 Å². The number of hydrogen-bond acceptors (Lipinski definition) is 3. The molecule has 1 heterocycles. The van der Waals surface area contributed by atoms with Gasteiger partial charge in [-0.3, -0.25) is 4.98 Å². The third kappa shape index (κ3) is 2.46. The first-order valence-electron chi connectivity index (χ1n) is 6.10. The fourth-order valence-corrected chi connectivity index (χ4v) is 2.40. The fraction of sp³-hybridized carbons (Fsp3) is 0. The Bertz CT molecular complexity index is 869. The molecule has 0 aliphatic heterocycles. The first-order valence-corrected chi connectivity index (χ1v) is 6.89. The summed E-state index contributed by atoms with van der Waals surface area (Å²) in [5.41, 5.74) is 0.988. The van der Waals surface area contributed by atoms with Gasteiger partial charge in [0.15, 0.2) is 11.6 Å². The van der Waals surface area contributed by atoms with Gasteiger partial charge in [0.05, 0.1) is 15.6 Å². The van der Waals surface area contributed by atoms with Crippen LogP contribution in [0.3, 0.4) is 0 Å². The average Bonchev–Trinajstić information content (AvgIpc) is 2.52. The lowest BCUT2D eigenvalue weighted by atomic mass is 10.2. The van der Waals surface area contributed by atoms with Crippen molar-refractivity contribution in [1.29, 1.82) is 5.26 Å². The number of nitriles is 1. The van der Waals surface area contributed by atoms with Crippen LogP contribution in [0.2, 0.25) is 0 Å². The van der Waals surface area contributed by atoms with Crippen molar-refractivity contribution in [3.05, 3.63) is 64.5 Å². The van der Waals surface area contributed by atoms with Crippen molar-refractivity contribution < 1.29 is 9.13 Å². The maximum atomic E-state index is 14.2. The molecule has 0 unspecified atom stereocenters. The summed E-state index contributed by atoms with van der Waals surface area (Å²) >= 11 is 3.06. The number of aromatic nitrogens is 1. The van der Waals surface area contributed by atoms with Gasteiger partial charge in [0, 0.05) is 11.6 Å². The zero-order valence-corrected chi connectivity index (χ0v) is 12.3. The van der Waals surface area contributed by atoms with Gasteiger partial charge in [0.1, 0.15) is 11.8 Å². The Kier molecular flexibility index (Phi) is 3.55. The van der Waals surface area contributed by atoms with Crippen LogP contribution in [-0.4, -0.2) is 4.98 Å². The number of pyridine rings is 1. The Morgan fingerprint density at radius 1 is 1.10 bits per heavy atom. The molecule has 2 aromatic carbocycles. The SMILES string of the molecule is N#Cc1ccc(Oc2cccc3ncccc23)c(F)c1Br. The van der Waals surface area contributed by atoms with Gasteiger partial charge in [0.2, 0.25) is 0 Å². The molecule has 21 heavy (non-hydrogen) atoms. The second kappa shape index (κ2) is 5.51. The van der Waals surface area contributed by atoms with E-state index >= 15 is 0 Å². The molecule has 0 radical (unpaired) electrons. The maximum Gasteiger partial charge on any atom is 0.181 e. The molecule has 5 heteroatoms. The van der Waals surface area contributed by atoms with E-state index in [4.69, 9.17) is 10.00 Å². The van der Waals surface area contributed by atoms with Gasteiger partial charge >= 0.3 is 0 Å². The smallest absolute Gasteiger partial charge is 0.181 e. The number of ether oxygens (including phenoxy) is 1. The largest absolute Gasteiger partial charge is 0.454 e. The minimum absolute atomic E-state index is 0.0530. The molecule has 0 aliphatic carbocycles. The highest BCUT2D eigenvalue weighted by atomic mass is 79.9. The molecule has 1 aromatic heterocycles. The molecule has 3 nitrogen and oxygen atoms in total. The molecule has 0 atom stereocenters. The highest BCUT2D eigenvalue weighted by Gasteiger charge is 2.14. The molecule has 3 aromatic rings. The van der Waals surface area contributed by atoms with Gasteiger partial charge in [-0.1, -0.05) is 6.07 Å². The summed E-state index contributed by atoms with van der Waals surface area (Å²) in [6.07, 6.45) is 1.69. The molecule has 0 N–H and O–H groups in total. The second-order valence-electron chi connectivity index (χ2n) is 4.28. The summed E-state index contributed by atoms with van der Waals surface area (Å²) < 4.78 is 19.9. The Morgan fingerprint density at radius 3 is 2.76 bits per heavy atom. The lowest BCUT2D eigenvalue weighted by Gasteiger charge is -2.10. The van der Waals surface area contributed by atoms with Crippen molar-refractivity contribution >= 4 is 26.8 Å². The Labute approximate surface area is 128 Å². The van der Waals surface area contributed by atoms with Gasteiger partial charge in [-0.25, -0.2) is 4.39 Å². The number of hydrogen-bond donors (Lipinski definition) is 0. The van der Waals surface area contributed by atoms with Crippen LogP contribution in [-0.2, 0) is 0 Å².